The van der Waals surface area contributed by atoms with Crippen LogP contribution >= 0.6 is 11.6 Å². The lowest BCUT2D eigenvalue weighted by Gasteiger charge is -2.22. The lowest BCUT2D eigenvalue weighted by Crippen LogP contribution is -2.48. The van der Waals surface area contributed by atoms with Crippen LogP contribution < -0.4 is 4.74 Å². The molecule has 1 aromatic carbocycles. The number of hydrogen-bond acceptors (Lipinski definition) is 4. The third-order valence-electron chi connectivity index (χ3n) is 2.80. The van der Waals surface area contributed by atoms with Gasteiger partial charge in [-0.05, 0) is 12.1 Å². The summed E-state index contributed by atoms with van der Waals surface area (Å²) in [6.07, 6.45) is 1.47. The van der Waals surface area contributed by atoms with Crippen molar-refractivity contribution in [2.75, 3.05) is 7.11 Å². The molecule has 94 valence electrons. The molecule has 4 nitrogen and oxygen atoms in total. The Morgan fingerprint density at radius 1 is 1.61 bits per heavy atom. The van der Waals surface area contributed by atoms with E-state index in [2.05, 4.69) is 11.3 Å². The van der Waals surface area contributed by atoms with Gasteiger partial charge in [-0.3, -0.25) is 4.79 Å². The minimum Gasteiger partial charge on any atom is -0.466 e. The molecule has 1 aliphatic heterocycles. The van der Waals surface area contributed by atoms with Crippen LogP contribution in [0.25, 0.3) is 0 Å². The van der Waals surface area contributed by atoms with Gasteiger partial charge in [-0.15, -0.1) is 6.58 Å². The number of benzene rings is 1. The van der Waals surface area contributed by atoms with Gasteiger partial charge in [0.05, 0.1) is 17.7 Å². The Bertz CT molecular complexity index is 538. The number of ketones is 1. The van der Waals surface area contributed by atoms with E-state index in [1.165, 1.54) is 13.2 Å². The van der Waals surface area contributed by atoms with E-state index >= 15 is 0 Å². The van der Waals surface area contributed by atoms with E-state index in [0.717, 1.165) is 0 Å². The molecule has 0 saturated heterocycles. The van der Waals surface area contributed by atoms with Gasteiger partial charge < -0.3 is 9.47 Å². The predicted octanol–water partition coefficient (Wildman–Crippen LogP) is 2.40. The van der Waals surface area contributed by atoms with Gasteiger partial charge in [0.1, 0.15) is 0 Å². The number of hydrogen-bond donors (Lipinski definition) is 0. The van der Waals surface area contributed by atoms with Gasteiger partial charge in [0.15, 0.2) is 5.75 Å². The first-order chi connectivity index (χ1) is 8.56. The van der Waals surface area contributed by atoms with Crippen LogP contribution in [0.1, 0.15) is 16.8 Å². The number of halogens is 1. The molecule has 5 heteroatoms. The summed E-state index contributed by atoms with van der Waals surface area (Å²) in [7, 11) is 1.20. The van der Waals surface area contributed by atoms with Crippen LogP contribution in [0, 0.1) is 0 Å². The molecule has 1 heterocycles. The molecule has 2 rings (SSSR count). The highest BCUT2D eigenvalue weighted by Gasteiger charge is 2.55. The molecule has 0 aromatic heterocycles. The second kappa shape index (κ2) is 4.46. The Kier molecular flexibility index (Phi) is 3.13. The van der Waals surface area contributed by atoms with Crippen molar-refractivity contribution in [3.8, 4) is 5.75 Å². The van der Waals surface area contributed by atoms with Crippen molar-refractivity contribution in [2.24, 2.45) is 0 Å². The second-order valence-corrected chi connectivity index (χ2v) is 4.27. The minimum absolute atomic E-state index is 0.0313. The van der Waals surface area contributed by atoms with Crippen molar-refractivity contribution in [3.63, 3.8) is 0 Å². The number of ether oxygens (including phenoxy) is 2. The highest BCUT2D eigenvalue weighted by atomic mass is 35.5. The number of esters is 1. The van der Waals surface area contributed by atoms with E-state index in [4.69, 9.17) is 16.3 Å². The molecular weight excluding hydrogens is 256 g/mol. The molecule has 1 aliphatic rings. The van der Waals surface area contributed by atoms with Gasteiger partial charge in [0.25, 0.3) is 5.60 Å². The summed E-state index contributed by atoms with van der Waals surface area (Å²) in [6.45, 7) is 3.53. The molecule has 1 aromatic rings. The number of carbonyl (C=O) groups excluding carboxylic acids is 2. The Morgan fingerprint density at radius 3 is 2.89 bits per heavy atom. The first-order valence-electron chi connectivity index (χ1n) is 5.28. The fourth-order valence-electron chi connectivity index (χ4n) is 1.95. The van der Waals surface area contributed by atoms with Crippen LogP contribution in [0.15, 0.2) is 30.9 Å². The van der Waals surface area contributed by atoms with Crippen LogP contribution in [-0.2, 0) is 9.53 Å². The molecule has 0 fully saturated rings. The van der Waals surface area contributed by atoms with Crippen molar-refractivity contribution in [2.45, 2.75) is 12.0 Å². The molecule has 0 spiro atoms. The number of carbonyl (C=O) groups is 2. The summed E-state index contributed by atoms with van der Waals surface area (Å²) in [5.41, 5.74) is -1.40. The third kappa shape index (κ3) is 1.61. The number of methoxy groups -OCH3 is 1. The smallest absolute Gasteiger partial charge is 0.358 e. The van der Waals surface area contributed by atoms with Gasteiger partial charge in [-0.25, -0.2) is 4.79 Å². The topological polar surface area (TPSA) is 52.6 Å². The molecule has 0 saturated carbocycles. The zero-order valence-corrected chi connectivity index (χ0v) is 10.5. The van der Waals surface area contributed by atoms with E-state index in [1.807, 2.05) is 0 Å². The maximum absolute atomic E-state index is 12.3. The van der Waals surface area contributed by atoms with Gasteiger partial charge in [-0.1, -0.05) is 23.7 Å². The molecule has 0 bridgehead atoms. The van der Waals surface area contributed by atoms with E-state index in [-0.39, 0.29) is 22.8 Å². The summed E-state index contributed by atoms with van der Waals surface area (Å²) >= 11 is 5.96. The summed E-state index contributed by atoms with van der Waals surface area (Å²) in [5.74, 6) is -0.983. The zero-order chi connectivity index (χ0) is 13.3. The van der Waals surface area contributed by atoms with Crippen LogP contribution in [0.2, 0.25) is 5.02 Å². The first kappa shape index (κ1) is 12.6. The van der Waals surface area contributed by atoms with Crippen LogP contribution in [0.3, 0.4) is 0 Å². The van der Waals surface area contributed by atoms with Gasteiger partial charge in [0.2, 0.25) is 5.78 Å². The maximum Gasteiger partial charge on any atom is 0.358 e. The average Bonchev–Trinajstić information content (AvgIpc) is 2.66. The van der Waals surface area contributed by atoms with Crippen molar-refractivity contribution in [1.29, 1.82) is 0 Å². The monoisotopic (exact) mass is 266 g/mol. The van der Waals surface area contributed by atoms with Crippen molar-refractivity contribution >= 4 is 23.4 Å². The second-order valence-electron chi connectivity index (χ2n) is 3.86. The standard InChI is InChI=1S/C13H11ClO4/c1-3-7-13(12(16)17-2)11(15)8-5-4-6-9(14)10(8)18-13/h3-6H,1,7H2,2H3. The summed E-state index contributed by atoms with van der Waals surface area (Å²) in [6, 6.07) is 4.79. The Balaban J connectivity index is 2.56. The SMILES string of the molecule is C=CCC1(C(=O)OC)Oc2c(Cl)cccc2C1=O. The summed E-state index contributed by atoms with van der Waals surface area (Å²) in [5, 5.41) is 0.288. The average molecular weight is 267 g/mol. The molecule has 0 N–H and O–H groups in total. The fraction of sp³-hybridized carbons (Fsp3) is 0.231. The van der Waals surface area contributed by atoms with E-state index < -0.39 is 17.4 Å². The number of para-hydroxylation sites is 1. The number of fused-ring (bicyclic) bond motifs is 1. The largest absolute Gasteiger partial charge is 0.466 e. The maximum atomic E-state index is 12.3. The van der Waals surface area contributed by atoms with E-state index in [9.17, 15) is 9.59 Å². The van der Waals surface area contributed by atoms with Gasteiger partial charge >= 0.3 is 5.97 Å². The van der Waals surface area contributed by atoms with Crippen molar-refractivity contribution in [3.05, 3.63) is 41.4 Å². The highest BCUT2D eigenvalue weighted by molar-refractivity contribution is 6.34. The lowest BCUT2D eigenvalue weighted by atomic mass is 9.92. The molecule has 0 radical (unpaired) electrons. The number of Topliss-reactive ketones (excluding diaryl/α,β-unsaturated/α-hetero) is 1. The van der Waals surface area contributed by atoms with Crippen molar-refractivity contribution < 1.29 is 19.1 Å². The van der Waals surface area contributed by atoms with Crippen LogP contribution in [0.4, 0.5) is 0 Å². The summed E-state index contributed by atoms with van der Waals surface area (Å²) in [4.78, 5) is 24.2. The lowest BCUT2D eigenvalue weighted by molar-refractivity contribution is -0.153. The molecule has 0 amide bonds. The highest BCUT2D eigenvalue weighted by Crippen LogP contribution is 2.42. The quantitative estimate of drug-likeness (QED) is 0.479. The van der Waals surface area contributed by atoms with Crippen LogP contribution in [0.5, 0.6) is 5.75 Å². The molecule has 1 atom stereocenters. The van der Waals surface area contributed by atoms with Gasteiger partial charge in [-0.2, -0.15) is 0 Å². The minimum atomic E-state index is -1.69. The van der Waals surface area contributed by atoms with Crippen molar-refractivity contribution in [1.82, 2.24) is 0 Å². The Hall–Kier alpha value is -1.81. The predicted molar refractivity (Wildman–Crippen MR) is 66.0 cm³/mol. The zero-order valence-electron chi connectivity index (χ0n) is 9.73. The first-order valence-corrected chi connectivity index (χ1v) is 5.66. The van der Waals surface area contributed by atoms with Gasteiger partial charge in [0, 0.05) is 6.42 Å². The number of rotatable bonds is 3. The molecule has 18 heavy (non-hydrogen) atoms. The fourth-order valence-corrected chi connectivity index (χ4v) is 2.16. The van der Waals surface area contributed by atoms with Crippen LogP contribution in [-0.4, -0.2) is 24.5 Å². The molecule has 0 aliphatic carbocycles. The normalized spacial score (nSPS) is 21.1. The third-order valence-corrected chi connectivity index (χ3v) is 3.10. The van der Waals surface area contributed by atoms with E-state index in [0.29, 0.717) is 0 Å². The summed E-state index contributed by atoms with van der Waals surface area (Å²) < 4.78 is 10.2. The Morgan fingerprint density at radius 2 is 2.33 bits per heavy atom. The van der Waals surface area contributed by atoms with E-state index in [1.54, 1.807) is 18.2 Å². The Labute approximate surface area is 109 Å². The molecular formula is C13H11ClO4. The molecule has 1 unspecified atom stereocenters.